The Hall–Kier alpha value is -3.85. The minimum atomic E-state index is -1.44. The minimum absolute atomic E-state index is 0.0197. The van der Waals surface area contributed by atoms with Gasteiger partial charge in [0.25, 0.3) is 0 Å². The van der Waals surface area contributed by atoms with Crippen molar-refractivity contribution in [1.29, 1.82) is 0 Å². The van der Waals surface area contributed by atoms with Crippen molar-refractivity contribution in [2.24, 2.45) is 17.2 Å². The lowest BCUT2D eigenvalue weighted by Gasteiger charge is -2.25. The number of carboxylic acid groups (broad SMARTS) is 1. The number of primary amides is 2. The predicted molar refractivity (Wildman–Crippen MR) is 143 cm³/mol. The molecule has 1 aromatic carbocycles. The zero-order chi connectivity index (χ0) is 29.5. The highest BCUT2D eigenvalue weighted by Crippen LogP contribution is 2.12. The molecule has 11 N–H and O–H groups in total. The number of carbonyl (C=O) groups excluding carboxylic acids is 5. The van der Waals surface area contributed by atoms with Crippen LogP contribution in [-0.2, 0) is 35.2 Å². The van der Waals surface area contributed by atoms with E-state index in [2.05, 4.69) is 16.0 Å². The third-order valence-corrected chi connectivity index (χ3v) is 6.23. The molecule has 0 fully saturated rings. The Balaban J connectivity index is 3.12. The van der Waals surface area contributed by atoms with Gasteiger partial charge in [0.15, 0.2) is 0 Å². The van der Waals surface area contributed by atoms with E-state index in [0.29, 0.717) is 11.3 Å². The van der Waals surface area contributed by atoms with Gasteiger partial charge in [-0.3, -0.25) is 24.0 Å². The standard InChI is InChI=1S/C24H36N6O8S/c1-39-11-10-16(28-21(34)15(25)6-8-19(26)32)22(35)30-18(12-13-2-4-14(31)5-3-13)23(36)29-17(24(37)38)7-9-20(27)33/h2-5,15-18,31H,6-12,25H2,1H3,(H2,26,32)(H2,27,33)(H,28,34)(H,29,36)(H,30,35)(H,37,38). The molecule has 4 unspecified atom stereocenters. The van der Waals surface area contributed by atoms with E-state index in [1.807, 2.05) is 0 Å². The van der Waals surface area contributed by atoms with E-state index in [-0.39, 0.29) is 44.3 Å². The molecular weight excluding hydrogens is 532 g/mol. The van der Waals surface area contributed by atoms with Gasteiger partial charge in [-0.15, -0.1) is 0 Å². The summed E-state index contributed by atoms with van der Waals surface area (Å²) in [6.45, 7) is 0. The molecule has 15 heteroatoms. The zero-order valence-electron chi connectivity index (χ0n) is 21.6. The maximum absolute atomic E-state index is 13.2. The number of carboxylic acids is 1. The number of hydrogen-bond acceptors (Lipinski definition) is 9. The third kappa shape index (κ3) is 13.0. The molecule has 216 valence electrons. The number of amides is 5. The van der Waals surface area contributed by atoms with Crippen molar-refractivity contribution in [1.82, 2.24) is 16.0 Å². The van der Waals surface area contributed by atoms with Crippen molar-refractivity contribution in [3.8, 4) is 5.75 Å². The van der Waals surface area contributed by atoms with Crippen molar-refractivity contribution < 1.29 is 39.0 Å². The Labute approximate surface area is 229 Å². The minimum Gasteiger partial charge on any atom is -0.508 e. The Morgan fingerprint density at radius 2 is 1.31 bits per heavy atom. The topological polar surface area (TPSA) is 257 Å². The summed E-state index contributed by atoms with van der Waals surface area (Å²) >= 11 is 1.42. The summed E-state index contributed by atoms with van der Waals surface area (Å²) in [7, 11) is 0. The molecule has 0 spiro atoms. The first-order chi connectivity index (χ1) is 18.3. The van der Waals surface area contributed by atoms with Crippen molar-refractivity contribution in [2.75, 3.05) is 12.0 Å². The molecule has 0 aliphatic heterocycles. The predicted octanol–water partition coefficient (Wildman–Crippen LogP) is -1.91. The Kier molecular flexibility index (Phi) is 14.4. The largest absolute Gasteiger partial charge is 0.508 e. The van der Waals surface area contributed by atoms with Crippen LogP contribution in [0.1, 0.15) is 37.7 Å². The van der Waals surface area contributed by atoms with E-state index < -0.39 is 59.7 Å². The number of phenols is 1. The van der Waals surface area contributed by atoms with Crippen LogP contribution < -0.4 is 33.2 Å². The number of phenolic OH excluding ortho intramolecular Hbond substituents is 1. The number of hydrogen-bond donors (Lipinski definition) is 8. The van der Waals surface area contributed by atoms with Crippen LogP contribution in [0.2, 0.25) is 0 Å². The van der Waals surface area contributed by atoms with Gasteiger partial charge in [0.05, 0.1) is 6.04 Å². The fourth-order valence-electron chi connectivity index (χ4n) is 3.38. The molecule has 0 aliphatic carbocycles. The van der Waals surface area contributed by atoms with Crippen molar-refractivity contribution in [3.05, 3.63) is 29.8 Å². The molecule has 0 radical (unpaired) electrons. The van der Waals surface area contributed by atoms with Gasteiger partial charge in [-0.05, 0) is 49.0 Å². The van der Waals surface area contributed by atoms with Gasteiger partial charge in [-0.1, -0.05) is 12.1 Å². The lowest BCUT2D eigenvalue weighted by molar-refractivity contribution is -0.142. The SMILES string of the molecule is CSCCC(NC(=O)C(N)CCC(N)=O)C(=O)NC(Cc1ccc(O)cc1)C(=O)NC(CCC(N)=O)C(=O)O. The lowest BCUT2D eigenvalue weighted by Crippen LogP contribution is -2.57. The van der Waals surface area contributed by atoms with Gasteiger partial charge in [0.2, 0.25) is 29.5 Å². The van der Waals surface area contributed by atoms with Crippen LogP contribution in [0.5, 0.6) is 5.75 Å². The monoisotopic (exact) mass is 568 g/mol. The number of rotatable bonds is 18. The van der Waals surface area contributed by atoms with Crippen LogP contribution in [0.25, 0.3) is 0 Å². The summed E-state index contributed by atoms with van der Waals surface area (Å²) in [6, 6.07) is 0.892. The fourth-order valence-corrected chi connectivity index (χ4v) is 3.85. The lowest BCUT2D eigenvalue weighted by atomic mass is 10.0. The highest BCUT2D eigenvalue weighted by Gasteiger charge is 2.30. The molecule has 0 saturated heterocycles. The van der Waals surface area contributed by atoms with Gasteiger partial charge >= 0.3 is 5.97 Å². The number of aliphatic carboxylic acids is 1. The number of nitrogens with two attached hydrogens (primary N) is 3. The number of nitrogens with one attached hydrogen (secondary N) is 3. The van der Waals surface area contributed by atoms with Crippen molar-refractivity contribution >= 4 is 47.3 Å². The second-order valence-corrected chi connectivity index (χ2v) is 9.78. The van der Waals surface area contributed by atoms with Gasteiger partial charge in [-0.25, -0.2) is 4.79 Å². The molecule has 0 saturated carbocycles. The van der Waals surface area contributed by atoms with Gasteiger partial charge in [0.1, 0.15) is 23.9 Å². The molecule has 0 bridgehead atoms. The Morgan fingerprint density at radius 1 is 0.795 bits per heavy atom. The number of aromatic hydroxyl groups is 1. The first-order valence-corrected chi connectivity index (χ1v) is 13.5. The van der Waals surface area contributed by atoms with E-state index in [0.717, 1.165) is 0 Å². The van der Waals surface area contributed by atoms with Crippen LogP contribution >= 0.6 is 11.8 Å². The van der Waals surface area contributed by atoms with Gasteiger partial charge < -0.3 is 43.4 Å². The van der Waals surface area contributed by atoms with E-state index in [4.69, 9.17) is 17.2 Å². The molecule has 1 rings (SSSR count). The normalized spacial score (nSPS) is 13.8. The van der Waals surface area contributed by atoms with E-state index in [9.17, 15) is 39.0 Å². The Bertz CT molecular complexity index is 1020. The maximum atomic E-state index is 13.2. The summed E-state index contributed by atoms with van der Waals surface area (Å²) < 4.78 is 0. The summed E-state index contributed by atoms with van der Waals surface area (Å²) in [5.74, 6) is -4.57. The van der Waals surface area contributed by atoms with E-state index >= 15 is 0 Å². The number of benzene rings is 1. The zero-order valence-corrected chi connectivity index (χ0v) is 22.4. The van der Waals surface area contributed by atoms with Crippen LogP contribution in [0.3, 0.4) is 0 Å². The van der Waals surface area contributed by atoms with Crippen LogP contribution in [0.4, 0.5) is 0 Å². The average molecular weight is 569 g/mol. The molecule has 0 aromatic heterocycles. The van der Waals surface area contributed by atoms with E-state index in [1.54, 1.807) is 6.26 Å². The van der Waals surface area contributed by atoms with E-state index in [1.165, 1.54) is 36.0 Å². The smallest absolute Gasteiger partial charge is 0.326 e. The Morgan fingerprint density at radius 3 is 1.85 bits per heavy atom. The van der Waals surface area contributed by atoms with Crippen LogP contribution in [0.15, 0.2) is 24.3 Å². The van der Waals surface area contributed by atoms with Crippen molar-refractivity contribution in [3.63, 3.8) is 0 Å². The summed E-state index contributed by atoms with van der Waals surface area (Å²) in [4.78, 5) is 72.6. The molecule has 14 nitrogen and oxygen atoms in total. The quantitative estimate of drug-likeness (QED) is 0.0974. The third-order valence-electron chi connectivity index (χ3n) is 5.59. The molecule has 0 heterocycles. The van der Waals surface area contributed by atoms with Crippen LogP contribution in [0, 0.1) is 0 Å². The van der Waals surface area contributed by atoms with Crippen LogP contribution in [-0.4, -0.2) is 81.9 Å². The molecule has 0 aliphatic rings. The first kappa shape index (κ1) is 33.2. The maximum Gasteiger partial charge on any atom is 0.326 e. The fraction of sp³-hybridized carbons (Fsp3) is 0.500. The highest BCUT2D eigenvalue weighted by atomic mass is 32.2. The highest BCUT2D eigenvalue weighted by molar-refractivity contribution is 7.98. The summed E-state index contributed by atoms with van der Waals surface area (Å²) in [5, 5.41) is 26.4. The number of carbonyl (C=O) groups is 6. The molecule has 39 heavy (non-hydrogen) atoms. The molecular formula is C24H36N6O8S. The average Bonchev–Trinajstić information content (AvgIpc) is 2.87. The molecule has 4 atom stereocenters. The number of thioether (sulfide) groups is 1. The van der Waals surface area contributed by atoms with Gasteiger partial charge in [0, 0.05) is 19.3 Å². The second kappa shape index (κ2) is 16.9. The second-order valence-electron chi connectivity index (χ2n) is 8.79. The molecule has 1 aromatic rings. The summed E-state index contributed by atoms with van der Waals surface area (Å²) in [6.07, 6.45) is 1.22. The first-order valence-electron chi connectivity index (χ1n) is 12.1. The van der Waals surface area contributed by atoms with Crippen molar-refractivity contribution in [2.45, 2.75) is 62.7 Å². The van der Waals surface area contributed by atoms with Gasteiger partial charge in [-0.2, -0.15) is 11.8 Å². The summed E-state index contributed by atoms with van der Waals surface area (Å²) in [5.41, 5.74) is 16.5. The molecule has 5 amide bonds.